The maximum atomic E-state index is 13.0. The van der Waals surface area contributed by atoms with Crippen LogP contribution in [-0.4, -0.2) is 87.4 Å². The van der Waals surface area contributed by atoms with Gasteiger partial charge >= 0.3 is 5.97 Å². The third-order valence-electron chi connectivity index (χ3n) is 7.99. The first kappa shape index (κ1) is 31.6. The SMILES string of the molecule is C=NC1CC(C)OC(OC2[C@@H](C)CC(C)C(=O)O[C@H](CC)C(O)C(O)C(C)/C(=N/O)[C@H](C)C[C@@]2(C)O)C1. The fourth-order valence-electron chi connectivity index (χ4n) is 5.97. The van der Waals surface area contributed by atoms with Crippen LogP contribution in [0.5, 0.6) is 0 Å². The van der Waals surface area contributed by atoms with Crippen LogP contribution in [0.4, 0.5) is 0 Å². The summed E-state index contributed by atoms with van der Waals surface area (Å²) in [5, 5.41) is 46.7. The zero-order valence-corrected chi connectivity index (χ0v) is 23.4. The average molecular weight is 529 g/mol. The highest BCUT2D eigenvalue weighted by Gasteiger charge is 2.44. The van der Waals surface area contributed by atoms with E-state index in [1.807, 2.05) is 13.8 Å². The molecule has 2 fully saturated rings. The molecule has 2 heterocycles. The fraction of sp³-hybridized carbons (Fsp3) is 0.889. The minimum atomic E-state index is -1.42. The van der Waals surface area contributed by atoms with E-state index in [-0.39, 0.29) is 30.2 Å². The number of carbonyl (C=O) groups is 1. The van der Waals surface area contributed by atoms with E-state index in [0.717, 1.165) is 6.42 Å². The topological polar surface area (TPSA) is 150 Å². The van der Waals surface area contributed by atoms with Crippen molar-refractivity contribution in [2.24, 2.45) is 33.8 Å². The van der Waals surface area contributed by atoms with Gasteiger partial charge in [-0.25, -0.2) is 0 Å². The first-order chi connectivity index (χ1) is 17.2. The minimum Gasteiger partial charge on any atom is -0.459 e. The van der Waals surface area contributed by atoms with Crippen molar-refractivity contribution in [3.05, 3.63) is 0 Å². The number of oxime groups is 1. The number of nitrogens with zero attached hydrogens (tertiary/aromatic N) is 2. The van der Waals surface area contributed by atoms with Gasteiger partial charge in [-0.3, -0.25) is 9.79 Å². The summed E-state index contributed by atoms with van der Waals surface area (Å²) in [6.07, 6.45) is -3.02. The summed E-state index contributed by atoms with van der Waals surface area (Å²) in [5.41, 5.74) is -1.19. The van der Waals surface area contributed by atoms with Crippen molar-refractivity contribution in [2.45, 2.75) is 129 Å². The molecule has 2 rings (SSSR count). The molecule has 0 aromatic heterocycles. The Kier molecular flexibility index (Phi) is 11.5. The quantitative estimate of drug-likeness (QED) is 0.188. The van der Waals surface area contributed by atoms with Crippen molar-refractivity contribution in [3.63, 3.8) is 0 Å². The number of ether oxygens (including phenoxy) is 3. The van der Waals surface area contributed by atoms with E-state index < -0.39 is 60.0 Å². The Balaban J connectivity index is 2.45. The molecule has 0 aromatic rings. The second-order valence-electron chi connectivity index (χ2n) is 11.5. The smallest absolute Gasteiger partial charge is 0.309 e. The number of rotatable bonds is 4. The van der Waals surface area contributed by atoms with Gasteiger partial charge < -0.3 is 34.7 Å². The normalized spacial score (nSPS) is 46.2. The number of hydrogen-bond acceptors (Lipinski definition) is 10. The number of carbonyl (C=O) groups excluding carboxylic acids is 1. The molecule has 0 spiro atoms. The predicted octanol–water partition coefficient (Wildman–Crippen LogP) is 2.93. The lowest BCUT2D eigenvalue weighted by atomic mass is 9.76. The van der Waals surface area contributed by atoms with Crippen LogP contribution in [0.1, 0.15) is 80.6 Å². The molecular formula is C27H48N2O8. The van der Waals surface area contributed by atoms with Crippen LogP contribution in [0.25, 0.3) is 0 Å². The highest BCUT2D eigenvalue weighted by atomic mass is 16.7. The first-order valence-corrected chi connectivity index (χ1v) is 13.5. The van der Waals surface area contributed by atoms with E-state index >= 15 is 0 Å². The van der Waals surface area contributed by atoms with E-state index in [9.17, 15) is 25.3 Å². The standard InChI is InChI=1S/C27H48N2O8/c1-9-20-24(31)23(30)18(6)22(29-34)16(4)13-27(7,33)25(14(2)10-15(3)26(32)36-20)37-21-12-19(28-8)11-17(5)35-21/h14-21,23-25,30-31,33-34H,8-13H2,1-7H3/b29-22+/t14-,15?,16+,17?,18?,19?,20+,21?,23?,24?,25?,27+/m0/s1. The Morgan fingerprint density at radius 1 is 1.08 bits per heavy atom. The zero-order valence-electron chi connectivity index (χ0n) is 23.4. The molecule has 0 bridgehead atoms. The maximum Gasteiger partial charge on any atom is 0.309 e. The van der Waals surface area contributed by atoms with Gasteiger partial charge in [0.25, 0.3) is 0 Å². The van der Waals surface area contributed by atoms with Crippen LogP contribution in [-0.2, 0) is 19.0 Å². The van der Waals surface area contributed by atoms with Crippen molar-refractivity contribution in [1.29, 1.82) is 0 Å². The summed E-state index contributed by atoms with van der Waals surface area (Å²) in [7, 11) is 0. The van der Waals surface area contributed by atoms with Crippen LogP contribution in [0.3, 0.4) is 0 Å². The Bertz CT molecular complexity index is 790. The molecule has 0 radical (unpaired) electrons. The molecule has 4 N–H and O–H groups in total. The number of cyclic esters (lactones) is 1. The number of aliphatic hydroxyl groups excluding tert-OH is 2. The third-order valence-corrected chi connectivity index (χ3v) is 7.99. The summed E-state index contributed by atoms with van der Waals surface area (Å²) >= 11 is 0. The van der Waals surface area contributed by atoms with Crippen LogP contribution < -0.4 is 0 Å². The molecule has 8 unspecified atom stereocenters. The molecule has 2 aliphatic heterocycles. The number of hydrogen-bond donors (Lipinski definition) is 4. The molecule has 0 saturated carbocycles. The Morgan fingerprint density at radius 2 is 1.73 bits per heavy atom. The van der Waals surface area contributed by atoms with Gasteiger partial charge in [0.15, 0.2) is 6.29 Å². The van der Waals surface area contributed by atoms with Crippen LogP contribution >= 0.6 is 0 Å². The molecule has 2 saturated heterocycles. The van der Waals surface area contributed by atoms with Crippen molar-refractivity contribution in [2.75, 3.05) is 0 Å². The van der Waals surface area contributed by atoms with Gasteiger partial charge in [0.1, 0.15) is 12.2 Å². The molecular weight excluding hydrogens is 480 g/mol. The van der Waals surface area contributed by atoms with Gasteiger partial charge in [-0.15, -0.1) is 0 Å². The zero-order chi connectivity index (χ0) is 28.1. The average Bonchev–Trinajstić information content (AvgIpc) is 2.83. The lowest BCUT2D eigenvalue weighted by Gasteiger charge is -2.43. The highest BCUT2D eigenvalue weighted by molar-refractivity contribution is 5.88. The van der Waals surface area contributed by atoms with Crippen LogP contribution in [0.2, 0.25) is 0 Å². The second-order valence-corrected chi connectivity index (χ2v) is 11.5. The molecule has 0 aromatic carbocycles. The van der Waals surface area contributed by atoms with E-state index in [0.29, 0.717) is 19.3 Å². The van der Waals surface area contributed by atoms with Crippen LogP contribution in [0, 0.1) is 23.7 Å². The summed E-state index contributed by atoms with van der Waals surface area (Å²) < 4.78 is 18.1. The van der Waals surface area contributed by atoms with Gasteiger partial charge in [0.05, 0.1) is 41.6 Å². The molecule has 12 atom stereocenters. The maximum absolute atomic E-state index is 13.0. The summed E-state index contributed by atoms with van der Waals surface area (Å²) in [6, 6.07) is -0.0202. The van der Waals surface area contributed by atoms with Gasteiger partial charge in [0, 0.05) is 18.3 Å². The second kappa shape index (κ2) is 13.5. The summed E-state index contributed by atoms with van der Waals surface area (Å²) in [4.78, 5) is 17.1. The van der Waals surface area contributed by atoms with Crippen molar-refractivity contribution in [1.82, 2.24) is 0 Å². The monoisotopic (exact) mass is 528 g/mol. The molecule has 214 valence electrons. The number of aliphatic imine (C=N–C) groups is 1. The fourth-order valence-corrected chi connectivity index (χ4v) is 5.97. The summed E-state index contributed by atoms with van der Waals surface area (Å²) in [6.45, 7) is 16.1. The molecule has 37 heavy (non-hydrogen) atoms. The van der Waals surface area contributed by atoms with Gasteiger partial charge in [-0.05, 0) is 52.2 Å². The Labute approximate surface area is 221 Å². The van der Waals surface area contributed by atoms with Crippen molar-refractivity contribution >= 4 is 18.4 Å². The number of aliphatic hydroxyl groups is 3. The van der Waals surface area contributed by atoms with Crippen molar-refractivity contribution < 1.29 is 39.5 Å². The van der Waals surface area contributed by atoms with E-state index in [1.54, 1.807) is 34.6 Å². The van der Waals surface area contributed by atoms with Gasteiger partial charge in [0.2, 0.25) is 0 Å². The van der Waals surface area contributed by atoms with Gasteiger partial charge in [-0.2, -0.15) is 0 Å². The Morgan fingerprint density at radius 3 is 2.30 bits per heavy atom. The highest BCUT2D eigenvalue weighted by Crippen LogP contribution is 2.36. The lowest BCUT2D eigenvalue weighted by molar-refractivity contribution is -0.256. The first-order valence-electron chi connectivity index (χ1n) is 13.5. The van der Waals surface area contributed by atoms with Crippen LogP contribution in [0.15, 0.2) is 10.1 Å². The summed E-state index contributed by atoms with van der Waals surface area (Å²) in [5.74, 6) is -2.57. The van der Waals surface area contributed by atoms with E-state index in [1.165, 1.54) is 0 Å². The molecule has 2 aliphatic rings. The van der Waals surface area contributed by atoms with Gasteiger partial charge in [-0.1, -0.05) is 39.8 Å². The number of esters is 1. The van der Waals surface area contributed by atoms with Crippen molar-refractivity contribution in [3.8, 4) is 0 Å². The molecule has 10 heteroatoms. The molecule has 10 nitrogen and oxygen atoms in total. The molecule has 0 aliphatic carbocycles. The van der Waals surface area contributed by atoms with E-state index in [2.05, 4.69) is 16.9 Å². The largest absolute Gasteiger partial charge is 0.459 e. The Hall–Kier alpha value is -1.59. The lowest BCUT2D eigenvalue weighted by Crippen LogP contribution is -2.52. The minimum absolute atomic E-state index is 0.0202. The third kappa shape index (κ3) is 7.95. The molecule has 0 amide bonds. The predicted molar refractivity (Wildman–Crippen MR) is 140 cm³/mol. The van der Waals surface area contributed by atoms with E-state index in [4.69, 9.17) is 14.2 Å².